The first-order valence-electron chi connectivity index (χ1n) is 6.77. The second kappa shape index (κ2) is 9.30. The summed E-state index contributed by atoms with van der Waals surface area (Å²) in [6.07, 6.45) is 0.516. The second-order valence-corrected chi connectivity index (χ2v) is 5.12. The van der Waals surface area contributed by atoms with Crippen LogP contribution in [-0.4, -0.2) is 50.4 Å². The zero-order valence-electron chi connectivity index (χ0n) is 12.9. The summed E-state index contributed by atoms with van der Waals surface area (Å²) in [4.78, 5) is 35.1. The van der Waals surface area contributed by atoms with E-state index in [0.717, 1.165) is 0 Å². The third kappa shape index (κ3) is 7.08. The van der Waals surface area contributed by atoms with Gasteiger partial charge < -0.3 is 21.3 Å². The molecule has 0 saturated carbocycles. The van der Waals surface area contributed by atoms with E-state index < -0.39 is 12.1 Å². The summed E-state index contributed by atoms with van der Waals surface area (Å²) in [5.74, 6) is -0.626. The van der Waals surface area contributed by atoms with Gasteiger partial charge in [-0.15, -0.1) is 0 Å². The van der Waals surface area contributed by atoms with E-state index in [4.69, 9.17) is 0 Å². The average molecular weight is 286 g/mol. The van der Waals surface area contributed by atoms with E-state index in [1.807, 2.05) is 13.8 Å². The predicted molar refractivity (Wildman–Crippen MR) is 77.0 cm³/mol. The maximum atomic E-state index is 12.1. The molecule has 7 heteroatoms. The normalized spacial score (nSPS) is 13.5. The van der Waals surface area contributed by atoms with E-state index in [2.05, 4.69) is 21.3 Å². The van der Waals surface area contributed by atoms with E-state index >= 15 is 0 Å². The molecule has 3 amide bonds. The molecule has 0 bridgehead atoms. The Bertz CT molecular complexity index is 345. The summed E-state index contributed by atoms with van der Waals surface area (Å²) in [6.45, 7) is 5.67. The molecule has 116 valence electrons. The molecule has 0 aromatic rings. The van der Waals surface area contributed by atoms with Crippen LogP contribution in [0.3, 0.4) is 0 Å². The monoisotopic (exact) mass is 286 g/mol. The molecule has 0 fully saturated rings. The fraction of sp³-hybridized carbons (Fsp3) is 0.769. The van der Waals surface area contributed by atoms with E-state index in [9.17, 15) is 14.4 Å². The summed E-state index contributed by atoms with van der Waals surface area (Å²) in [7, 11) is 3.16. The van der Waals surface area contributed by atoms with Crippen LogP contribution in [0.25, 0.3) is 0 Å². The lowest BCUT2D eigenvalue weighted by molar-refractivity contribution is -0.131. The molecule has 0 aromatic carbocycles. The highest BCUT2D eigenvalue weighted by molar-refractivity contribution is 5.92. The number of carbonyl (C=O) groups excluding carboxylic acids is 3. The van der Waals surface area contributed by atoms with Crippen LogP contribution in [0.15, 0.2) is 0 Å². The molecular formula is C13H26N4O3. The molecule has 0 aliphatic heterocycles. The number of carbonyl (C=O) groups is 3. The Morgan fingerprint density at radius 3 is 2.00 bits per heavy atom. The fourth-order valence-electron chi connectivity index (χ4n) is 1.70. The van der Waals surface area contributed by atoms with Gasteiger partial charge in [-0.05, 0) is 26.3 Å². The Kier molecular flexibility index (Phi) is 8.54. The highest BCUT2D eigenvalue weighted by Gasteiger charge is 2.24. The van der Waals surface area contributed by atoms with Gasteiger partial charge in [-0.25, -0.2) is 0 Å². The Morgan fingerprint density at radius 2 is 1.55 bits per heavy atom. The summed E-state index contributed by atoms with van der Waals surface area (Å²) >= 11 is 0. The molecule has 0 aliphatic carbocycles. The van der Waals surface area contributed by atoms with Crippen LogP contribution in [0.5, 0.6) is 0 Å². The fourth-order valence-corrected chi connectivity index (χ4v) is 1.70. The minimum Gasteiger partial charge on any atom is -0.357 e. The number of likely N-dealkylation sites (N-methyl/N-ethyl adjacent to an activating group) is 2. The first-order valence-corrected chi connectivity index (χ1v) is 6.77. The molecule has 7 nitrogen and oxygen atoms in total. The van der Waals surface area contributed by atoms with E-state index in [1.54, 1.807) is 14.0 Å². The van der Waals surface area contributed by atoms with Crippen molar-refractivity contribution in [2.45, 2.75) is 39.3 Å². The van der Waals surface area contributed by atoms with Crippen molar-refractivity contribution in [1.82, 2.24) is 21.3 Å². The molecule has 0 rings (SSSR count). The lowest BCUT2D eigenvalue weighted by atomic mass is 10.0. The molecule has 0 heterocycles. The molecule has 0 aromatic heterocycles. The molecule has 0 spiro atoms. The van der Waals surface area contributed by atoms with E-state index in [0.29, 0.717) is 6.42 Å². The van der Waals surface area contributed by atoms with Crippen LogP contribution in [0.2, 0.25) is 0 Å². The van der Waals surface area contributed by atoms with E-state index in [1.165, 1.54) is 7.05 Å². The van der Waals surface area contributed by atoms with Gasteiger partial charge in [0.2, 0.25) is 17.7 Å². The SMILES string of the molecule is CNCC(=O)NC(CC(C)C)C(=O)N[C@@H](C)C(=O)NC. The van der Waals surface area contributed by atoms with Gasteiger partial charge in [0.05, 0.1) is 6.54 Å². The maximum Gasteiger partial charge on any atom is 0.243 e. The topological polar surface area (TPSA) is 99.3 Å². The van der Waals surface area contributed by atoms with Crippen molar-refractivity contribution in [1.29, 1.82) is 0 Å². The van der Waals surface area contributed by atoms with Gasteiger partial charge in [0, 0.05) is 7.05 Å². The third-order valence-electron chi connectivity index (χ3n) is 2.69. The largest absolute Gasteiger partial charge is 0.357 e. The van der Waals surface area contributed by atoms with Gasteiger partial charge in [0.1, 0.15) is 12.1 Å². The van der Waals surface area contributed by atoms with Crippen molar-refractivity contribution in [2.24, 2.45) is 5.92 Å². The standard InChI is InChI=1S/C13H26N4O3/c1-8(2)6-10(17-11(18)7-14-4)13(20)16-9(3)12(19)15-5/h8-10,14H,6-7H2,1-5H3,(H,15,19)(H,16,20)(H,17,18)/t9-,10?/m0/s1. The third-order valence-corrected chi connectivity index (χ3v) is 2.69. The molecule has 4 N–H and O–H groups in total. The maximum absolute atomic E-state index is 12.1. The Labute approximate surface area is 120 Å². The number of amides is 3. The smallest absolute Gasteiger partial charge is 0.243 e. The lowest BCUT2D eigenvalue weighted by Crippen LogP contribution is -2.53. The van der Waals surface area contributed by atoms with Crippen LogP contribution < -0.4 is 21.3 Å². The first kappa shape index (κ1) is 18.4. The van der Waals surface area contributed by atoms with Crippen molar-refractivity contribution in [2.75, 3.05) is 20.6 Å². The van der Waals surface area contributed by atoms with Gasteiger partial charge >= 0.3 is 0 Å². The van der Waals surface area contributed by atoms with E-state index in [-0.39, 0.29) is 30.2 Å². The van der Waals surface area contributed by atoms with Crippen molar-refractivity contribution in [3.05, 3.63) is 0 Å². The molecular weight excluding hydrogens is 260 g/mol. The molecule has 2 atom stereocenters. The van der Waals surface area contributed by atoms with Crippen LogP contribution in [-0.2, 0) is 14.4 Å². The van der Waals surface area contributed by atoms with Gasteiger partial charge in [-0.2, -0.15) is 0 Å². The first-order chi connectivity index (χ1) is 9.31. The van der Waals surface area contributed by atoms with Crippen molar-refractivity contribution in [3.8, 4) is 0 Å². The minimum atomic E-state index is -0.636. The molecule has 0 saturated heterocycles. The van der Waals surface area contributed by atoms with Gasteiger partial charge in [-0.1, -0.05) is 13.8 Å². The second-order valence-electron chi connectivity index (χ2n) is 5.12. The summed E-state index contributed by atoms with van der Waals surface area (Å²) < 4.78 is 0. The molecule has 1 unspecified atom stereocenters. The van der Waals surface area contributed by atoms with Crippen molar-refractivity contribution < 1.29 is 14.4 Å². The van der Waals surface area contributed by atoms with Crippen LogP contribution in [0, 0.1) is 5.92 Å². The summed E-state index contributed by atoms with van der Waals surface area (Å²) in [6, 6.07) is -1.27. The van der Waals surface area contributed by atoms with Crippen LogP contribution >= 0.6 is 0 Å². The molecule has 0 aliphatic rings. The van der Waals surface area contributed by atoms with Gasteiger partial charge in [0.15, 0.2) is 0 Å². The van der Waals surface area contributed by atoms with Crippen LogP contribution in [0.4, 0.5) is 0 Å². The number of hydrogen-bond donors (Lipinski definition) is 4. The quantitative estimate of drug-likeness (QED) is 0.459. The number of hydrogen-bond acceptors (Lipinski definition) is 4. The lowest BCUT2D eigenvalue weighted by Gasteiger charge is -2.22. The summed E-state index contributed by atoms with van der Waals surface area (Å²) in [5, 5.41) is 10.4. The Hall–Kier alpha value is -1.63. The molecule has 0 radical (unpaired) electrons. The average Bonchev–Trinajstić information content (AvgIpc) is 2.36. The van der Waals surface area contributed by atoms with Gasteiger partial charge in [-0.3, -0.25) is 14.4 Å². The predicted octanol–water partition coefficient (Wildman–Crippen LogP) is -1.01. The number of nitrogens with one attached hydrogen (secondary N) is 4. The van der Waals surface area contributed by atoms with Gasteiger partial charge in [0.25, 0.3) is 0 Å². The molecule has 20 heavy (non-hydrogen) atoms. The minimum absolute atomic E-state index is 0.146. The highest BCUT2D eigenvalue weighted by atomic mass is 16.2. The number of rotatable bonds is 8. The zero-order chi connectivity index (χ0) is 15.7. The van der Waals surface area contributed by atoms with Crippen molar-refractivity contribution in [3.63, 3.8) is 0 Å². The zero-order valence-corrected chi connectivity index (χ0v) is 12.9. The van der Waals surface area contributed by atoms with Crippen molar-refractivity contribution >= 4 is 17.7 Å². The summed E-state index contributed by atoms with van der Waals surface area (Å²) in [5.41, 5.74) is 0. The van der Waals surface area contributed by atoms with Crippen LogP contribution in [0.1, 0.15) is 27.2 Å². The Balaban J connectivity index is 4.63. The Morgan fingerprint density at radius 1 is 0.950 bits per heavy atom. The highest BCUT2D eigenvalue weighted by Crippen LogP contribution is 2.05.